The number of thioether (sulfide) groups is 1. The molecule has 0 aliphatic carbocycles. The number of hydrogen-bond acceptors (Lipinski definition) is 6. The monoisotopic (exact) mass is 560 g/mol. The van der Waals surface area contributed by atoms with Gasteiger partial charge in [0.05, 0.1) is 6.42 Å². The molecule has 1 aliphatic rings. The highest BCUT2D eigenvalue weighted by atomic mass is 32.2. The van der Waals surface area contributed by atoms with Crippen LogP contribution < -0.4 is 16.4 Å². The summed E-state index contributed by atoms with van der Waals surface area (Å²) in [5.41, 5.74) is 9.63. The Kier molecular flexibility index (Phi) is 13.6. The smallest absolute Gasteiger partial charge is 0.317 e. The van der Waals surface area contributed by atoms with Crippen molar-refractivity contribution >= 4 is 29.4 Å². The average Bonchev–Trinajstić information content (AvgIpc) is 2.94. The number of benzene rings is 1. The molecule has 5 N–H and O–H groups in total. The molecule has 0 radical (unpaired) electrons. The Balaban J connectivity index is 1.98. The summed E-state index contributed by atoms with van der Waals surface area (Å²) in [6.45, 7) is 12.8. The van der Waals surface area contributed by atoms with Crippen LogP contribution in [0.3, 0.4) is 0 Å². The average molecular weight is 561 g/mol. The third kappa shape index (κ3) is 11.0. The summed E-state index contributed by atoms with van der Waals surface area (Å²) in [6, 6.07) is 7.52. The maximum Gasteiger partial charge on any atom is 0.317 e. The first-order chi connectivity index (χ1) is 19.2. The first-order valence-electron chi connectivity index (χ1n) is 13.1. The highest BCUT2D eigenvalue weighted by molar-refractivity contribution is 8.05. The number of carbonyl (C=O) groups excluding carboxylic acids is 2. The lowest BCUT2D eigenvalue weighted by Crippen LogP contribution is -2.50. The second kappa shape index (κ2) is 16.9. The van der Waals surface area contributed by atoms with E-state index in [-0.39, 0.29) is 24.1 Å². The van der Waals surface area contributed by atoms with Gasteiger partial charge in [0.15, 0.2) is 0 Å². The molecule has 0 saturated carbocycles. The van der Waals surface area contributed by atoms with Crippen LogP contribution in [0.15, 0.2) is 82.4 Å². The molecule has 1 aliphatic heterocycles. The minimum absolute atomic E-state index is 0.0653. The molecule has 8 nitrogen and oxygen atoms in total. The number of urea groups is 1. The summed E-state index contributed by atoms with van der Waals surface area (Å²) in [4.78, 5) is 29.6. The van der Waals surface area contributed by atoms with Crippen molar-refractivity contribution in [2.75, 3.05) is 33.2 Å². The maximum absolute atomic E-state index is 12.5. The van der Waals surface area contributed by atoms with Crippen LogP contribution in [0.25, 0.3) is 0 Å². The molecule has 2 rings (SSSR count). The number of nitrogens with one attached hydrogen (secondary N) is 3. The standard InChI is InChI=1S/C31H40N6O2S/c1-6-26(40-8-3)20-30(38)34-21-23(4)18-29(33)27(7-2)28(32)13-12-24-10-9-11-25(19-24)22-35-31(39)37-16-14-36(5)15-17-37/h6-11,18-19,21,32H,3,14-17,20,22,33H2,1-2,4-5H3,(H,34,38)(H,35,39)/b23-21+,26-6-,27-7-,29-18+,32-28?. The van der Waals surface area contributed by atoms with Crippen molar-refractivity contribution in [1.29, 1.82) is 5.41 Å². The molecular formula is C31H40N6O2S. The van der Waals surface area contributed by atoms with Crippen LogP contribution in [0.2, 0.25) is 0 Å². The minimum Gasteiger partial charge on any atom is -0.398 e. The molecule has 0 aromatic heterocycles. The fraction of sp³-hybridized carbons (Fsp3) is 0.323. The van der Waals surface area contributed by atoms with E-state index in [1.165, 1.54) is 11.8 Å². The van der Waals surface area contributed by atoms with Crippen LogP contribution in [0.1, 0.15) is 38.3 Å². The van der Waals surface area contributed by atoms with Gasteiger partial charge in [-0.25, -0.2) is 4.79 Å². The van der Waals surface area contributed by atoms with Crippen LogP contribution in [0, 0.1) is 17.3 Å². The third-order valence-electron chi connectivity index (χ3n) is 6.10. The lowest BCUT2D eigenvalue weighted by molar-refractivity contribution is -0.119. The lowest BCUT2D eigenvalue weighted by Gasteiger charge is -2.32. The Morgan fingerprint density at radius 3 is 2.58 bits per heavy atom. The highest BCUT2D eigenvalue weighted by Crippen LogP contribution is 2.19. The first-order valence-corrected chi connectivity index (χ1v) is 14.0. The van der Waals surface area contributed by atoms with Crippen LogP contribution in [-0.4, -0.2) is 60.7 Å². The van der Waals surface area contributed by atoms with E-state index < -0.39 is 0 Å². The fourth-order valence-corrected chi connectivity index (χ4v) is 4.37. The van der Waals surface area contributed by atoms with Crippen molar-refractivity contribution in [3.05, 3.63) is 93.6 Å². The van der Waals surface area contributed by atoms with Gasteiger partial charge in [-0.1, -0.05) is 36.8 Å². The fourth-order valence-electron chi connectivity index (χ4n) is 3.80. The molecular weight excluding hydrogens is 520 g/mol. The summed E-state index contributed by atoms with van der Waals surface area (Å²) in [7, 11) is 2.05. The Hall–Kier alpha value is -4.00. The molecule has 0 spiro atoms. The number of allylic oxidation sites excluding steroid dienone is 5. The molecule has 212 valence electrons. The number of hydrogen-bond donors (Lipinski definition) is 4. The van der Waals surface area contributed by atoms with Gasteiger partial charge in [-0.15, -0.1) is 11.8 Å². The maximum atomic E-state index is 12.5. The second-order valence-electron chi connectivity index (χ2n) is 9.25. The van der Waals surface area contributed by atoms with Gasteiger partial charge in [-0.3, -0.25) is 10.2 Å². The molecule has 1 saturated heterocycles. The van der Waals surface area contributed by atoms with E-state index in [0.29, 0.717) is 17.8 Å². The van der Waals surface area contributed by atoms with Crippen LogP contribution in [0.5, 0.6) is 0 Å². The Morgan fingerprint density at radius 1 is 1.20 bits per heavy atom. The van der Waals surface area contributed by atoms with E-state index in [4.69, 9.17) is 11.1 Å². The number of nitrogens with two attached hydrogens (primary N) is 1. The molecule has 9 heteroatoms. The van der Waals surface area contributed by atoms with E-state index in [2.05, 4.69) is 41.0 Å². The minimum atomic E-state index is -0.139. The SMILES string of the molecule is C=CS/C(=C\C)CC(=O)N/C=C(C)/C=C(N)\C(=C/C)C(=N)C#Cc1cccc(CNC(=O)N2CCN(C)CC2)c1. The van der Waals surface area contributed by atoms with Gasteiger partial charge in [0.25, 0.3) is 0 Å². The molecule has 40 heavy (non-hydrogen) atoms. The largest absolute Gasteiger partial charge is 0.398 e. The van der Waals surface area contributed by atoms with E-state index >= 15 is 0 Å². The summed E-state index contributed by atoms with van der Waals surface area (Å²) in [5, 5.41) is 15.9. The molecule has 1 aromatic rings. The molecule has 0 bridgehead atoms. The van der Waals surface area contributed by atoms with Gasteiger partial charge in [0, 0.05) is 55.8 Å². The van der Waals surface area contributed by atoms with Crippen molar-refractivity contribution < 1.29 is 9.59 Å². The van der Waals surface area contributed by atoms with Crippen molar-refractivity contribution in [1.82, 2.24) is 20.4 Å². The van der Waals surface area contributed by atoms with Gasteiger partial charge < -0.3 is 26.2 Å². The predicted molar refractivity (Wildman–Crippen MR) is 166 cm³/mol. The highest BCUT2D eigenvalue weighted by Gasteiger charge is 2.18. The number of nitrogens with zero attached hydrogens (tertiary/aromatic N) is 2. The van der Waals surface area contributed by atoms with Gasteiger partial charge in [0.2, 0.25) is 5.91 Å². The topological polar surface area (TPSA) is 115 Å². The summed E-state index contributed by atoms with van der Waals surface area (Å²) >= 11 is 1.42. The molecule has 3 amide bonds. The first kappa shape index (κ1) is 32.2. The third-order valence-corrected chi connectivity index (χ3v) is 6.95. The van der Waals surface area contributed by atoms with Crippen LogP contribution in [-0.2, 0) is 11.3 Å². The second-order valence-corrected chi connectivity index (χ2v) is 10.3. The molecule has 0 unspecified atom stereocenters. The zero-order valence-electron chi connectivity index (χ0n) is 23.8. The van der Waals surface area contributed by atoms with Gasteiger partial charge in [0.1, 0.15) is 5.71 Å². The molecule has 0 atom stereocenters. The van der Waals surface area contributed by atoms with E-state index in [1.807, 2.05) is 49.1 Å². The molecule has 1 fully saturated rings. The van der Waals surface area contributed by atoms with Gasteiger partial charge >= 0.3 is 6.03 Å². The zero-order chi connectivity index (χ0) is 29.5. The van der Waals surface area contributed by atoms with Crippen LogP contribution >= 0.6 is 11.8 Å². The van der Waals surface area contributed by atoms with Gasteiger partial charge in [-0.2, -0.15) is 0 Å². The van der Waals surface area contributed by atoms with Crippen molar-refractivity contribution in [3.8, 4) is 11.8 Å². The molecule has 1 aromatic carbocycles. The van der Waals surface area contributed by atoms with Gasteiger partial charge in [-0.05, 0) is 73.4 Å². The number of rotatable bonds is 10. The van der Waals surface area contributed by atoms with E-state index in [1.54, 1.807) is 30.7 Å². The number of amides is 3. The number of likely N-dealkylation sites (N-methyl/N-ethyl adjacent to an activating group) is 1. The Morgan fingerprint density at radius 2 is 1.93 bits per heavy atom. The normalized spacial score (nSPS) is 15.2. The summed E-state index contributed by atoms with van der Waals surface area (Å²) in [6.07, 6.45) is 7.18. The van der Waals surface area contributed by atoms with Crippen LogP contribution in [0.4, 0.5) is 4.79 Å². The Bertz CT molecular complexity index is 1270. The number of carbonyl (C=O) groups is 2. The lowest BCUT2D eigenvalue weighted by atomic mass is 10.0. The number of piperazine rings is 1. The van der Waals surface area contributed by atoms with Crippen molar-refractivity contribution in [2.24, 2.45) is 5.73 Å². The summed E-state index contributed by atoms with van der Waals surface area (Å²) in [5.74, 6) is 5.77. The molecule has 1 heterocycles. The van der Waals surface area contributed by atoms with E-state index in [9.17, 15) is 9.59 Å². The van der Waals surface area contributed by atoms with Crippen molar-refractivity contribution in [2.45, 2.75) is 33.7 Å². The summed E-state index contributed by atoms with van der Waals surface area (Å²) < 4.78 is 0. The quantitative estimate of drug-likeness (QED) is 0.191. The van der Waals surface area contributed by atoms with E-state index in [0.717, 1.165) is 47.8 Å². The predicted octanol–water partition coefficient (Wildman–Crippen LogP) is 4.49. The Labute approximate surface area is 242 Å². The zero-order valence-corrected chi connectivity index (χ0v) is 24.7. The van der Waals surface area contributed by atoms with Crippen molar-refractivity contribution in [3.63, 3.8) is 0 Å².